The minimum Gasteiger partial charge on any atom is -0.375 e. The first kappa shape index (κ1) is 12.4. The van der Waals surface area contributed by atoms with E-state index in [4.69, 9.17) is 5.73 Å². The number of nitrogens with two attached hydrogens (primary N) is 1. The molecule has 0 unspecified atom stereocenters. The van der Waals surface area contributed by atoms with E-state index in [9.17, 15) is 4.79 Å². The Hall–Kier alpha value is -1.66. The lowest BCUT2D eigenvalue weighted by molar-refractivity contribution is 0.0929. The largest absolute Gasteiger partial charge is 0.375 e. The van der Waals surface area contributed by atoms with Gasteiger partial charge in [0.05, 0.1) is 10.2 Å². The SMILES string of the molecule is Nc1nc2ccc(C(=O)NC3CCNCC3)cc2s1. The number of amides is 1. The molecule has 0 bridgehead atoms. The van der Waals surface area contributed by atoms with Crippen LogP contribution in [0.15, 0.2) is 18.2 Å². The lowest BCUT2D eigenvalue weighted by Gasteiger charge is -2.23. The van der Waals surface area contributed by atoms with Gasteiger partial charge in [-0.25, -0.2) is 4.98 Å². The van der Waals surface area contributed by atoms with E-state index in [0.29, 0.717) is 10.7 Å². The number of hydrogen-bond acceptors (Lipinski definition) is 5. The number of nitrogens with zero attached hydrogens (tertiary/aromatic N) is 1. The predicted molar refractivity (Wildman–Crippen MR) is 77.4 cm³/mol. The highest BCUT2D eigenvalue weighted by Gasteiger charge is 2.16. The Morgan fingerprint density at radius 2 is 2.21 bits per heavy atom. The van der Waals surface area contributed by atoms with Gasteiger partial charge in [-0.1, -0.05) is 11.3 Å². The second kappa shape index (κ2) is 5.14. The lowest BCUT2D eigenvalue weighted by Crippen LogP contribution is -2.42. The van der Waals surface area contributed by atoms with E-state index in [-0.39, 0.29) is 11.9 Å². The molecule has 2 aromatic rings. The minimum absolute atomic E-state index is 0.0132. The number of thiazole rings is 1. The predicted octanol–water partition coefficient (Wildman–Crippen LogP) is 1.36. The number of piperidine rings is 1. The van der Waals surface area contributed by atoms with E-state index in [1.165, 1.54) is 11.3 Å². The number of nitrogens with one attached hydrogen (secondary N) is 2. The van der Waals surface area contributed by atoms with Gasteiger partial charge >= 0.3 is 0 Å². The Bertz CT molecular complexity index is 604. The number of fused-ring (bicyclic) bond motifs is 1. The Balaban J connectivity index is 1.76. The Morgan fingerprint density at radius 1 is 1.42 bits per heavy atom. The Morgan fingerprint density at radius 3 is 3.00 bits per heavy atom. The summed E-state index contributed by atoms with van der Waals surface area (Å²) in [6, 6.07) is 5.79. The van der Waals surface area contributed by atoms with E-state index in [1.807, 2.05) is 12.1 Å². The molecule has 2 heterocycles. The van der Waals surface area contributed by atoms with Crippen molar-refractivity contribution in [3.63, 3.8) is 0 Å². The average Bonchev–Trinajstić information content (AvgIpc) is 2.78. The van der Waals surface area contributed by atoms with Crippen molar-refractivity contribution < 1.29 is 4.79 Å². The molecule has 1 amide bonds. The van der Waals surface area contributed by atoms with Crippen LogP contribution >= 0.6 is 11.3 Å². The summed E-state index contributed by atoms with van der Waals surface area (Å²) < 4.78 is 0.954. The molecule has 1 aliphatic heterocycles. The summed E-state index contributed by atoms with van der Waals surface area (Å²) in [5.41, 5.74) is 7.19. The molecule has 1 aromatic carbocycles. The van der Waals surface area contributed by atoms with Crippen molar-refractivity contribution in [1.82, 2.24) is 15.6 Å². The smallest absolute Gasteiger partial charge is 0.251 e. The molecule has 6 heteroatoms. The maximum atomic E-state index is 12.2. The maximum absolute atomic E-state index is 12.2. The molecule has 0 atom stereocenters. The number of rotatable bonds is 2. The molecule has 3 rings (SSSR count). The fourth-order valence-electron chi connectivity index (χ4n) is 2.32. The summed E-state index contributed by atoms with van der Waals surface area (Å²) in [5.74, 6) is -0.0132. The summed E-state index contributed by atoms with van der Waals surface area (Å²) in [4.78, 5) is 16.4. The van der Waals surface area contributed by atoms with E-state index in [1.54, 1.807) is 6.07 Å². The first-order chi connectivity index (χ1) is 9.22. The van der Waals surface area contributed by atoms with Gasteiger partial charge in [0, 0.05) is 11.6 Å². The molecule has 4 N–H and O–H groups in total. The van der Waals surface area contributed by atoms with Gasteiger partial charge in [-0.2, -0.15) is 0 Å². The molecule has 100 valence electrons. The molecule has 5 nitrogen and oxygen atoms in total. The maximum Gasteiger partial charge on any atom is 0.251 e. The molecule has 0 spiro atoms. The average molecular weight is 276 g/mol. The Labute approximate surface area is 115 Å². The van der Waals surface area contributed by atoms with Gasteiger partial charge in [0.2, 0.25) is 0 Å². The van der Waals surface area contributed by atoms with Crippen molar-refractivity contribution in [3.05, 3.63) is 23.8 Å². The van der Waals surface area contributed by atoms with E-state index < -0.39 is 0 Å². The molecule has 19 heavy (non-hydrogen) atoms. The molecule has 1 aromatic heterocycles. The number of carbonyl (C=O) groups is 1. The molecule has 1 fully saturated rings. The van der Waals surface area contributed by atoms with Gasteiger partial charge in [0.15, 0.2) is 5.13 Å². The number of carbonyl (C=O) groups excluding carboxylic acids is 1. The quantitative estimate of drug-likeness (QED) is 0.773. The van der Waals surface area contributed by atoms with Crippen molar-refractivity contribution in [3.8, 4) is 0 Å². The van der Waals surface area contributed by atoms with Crippen LogP contribution in [0.1, 0.15) is 23.2 Å². The first-order valence-corrected chi connectivity index (χ1v) is 7.22. The van der Waals surface area contributed by atoms with Crippen LogP contribution in [-0.2, 0) is 0 Å². The van der Waals surface area contributed by atoms with Crippen LogP contribution in [0, 0.1) is 0 Å². The van der Waals surface area contributed by atoms with Crippen molar-refractivity contribution in [2.24, 2.45) is 0 Å². The second-order valence-electron chi connectivity index (χ2n) is 4.73. The summed E-state index contributed by atoms with van der Waals surface area (Å²) in [5, 5.41) is 6.90. The highest BCUT2D eigenvalue weighted by atomic mass is 32.1. The Kier molecular flexibility index (Phi) is 3.35. The first-order valence-electron chi connectivity index (χ1n) is 6.40. The minimum atomic E-state index is -0.0132. The topological polar surface area (TPSA) is 80.0 Å². The number of hydrogen-bond donors (Lipinski definition) is 3. The zero-order valence-corrected chi connectivity index (χ0v) is 11.3. The van der Waals surface area contributed by atoms with Crippen LogP contribution in [0.5, 0.6) is 0 Å². The number of aromatic nitrogens is 1. The zero-order valence-electron chi connectivity index (χ0n) is 10.5. The molecule has 1 aliphatic rings. The second-order valence-corrected chi connectivity index (χ2v) is 5.79. The van der Waals surface area contributed by atoms with Crippen LogP contribution in [-0.4, -0.2) is 30.0 Å². The van der Waals surface area contributed by atoms with Crippen LogP contribution in [0.2, 0.25) is 0 Å². The lowest BCUT2D eigenvalue weighted by atomic mass is 10.1. The van der Waals surface area contributed by atoms with Crippen molar-refractivity contribution in [2.45, 2.75) is 18.9 Å². The highest BCUT2D eigenvalue weighted by Crippen LogP contribution is 2.24. The van der Waals surface area contributed by atoms with Gasteiger partial charge in [0.1, 0.15) is 0 Å². The van der Waals surface area contributed by atoms with Gasteiger partial charge in [-0.05, 0) is 44.1 Å². The van der Waals surface area contributed by atoms with Gasteiger partial charge in [-0.15, -0.1) is 0 Å². The molecule has 0 aliphatic carbocycles. The van der Waals surface area contributed by atoms with Crippen molar-refractivity contribution >= 4 is 32.6 Å². The van der Waals surface area contributed by atoms with Crippen molar-refractivity contribution in [2.75, 3.05) is 18.8 Å². The van der Waals surface area contributed by atoms with E-state index in [0.717, 1.165) is 36.1 Å². The fraction of sp³-hybridized carbons (Fsp3) is 0.385. The summed E-state index contributed by atoms with van der Waals surface area (Å²) in [6.45, 7) is 1.94. The third-order valence-corrected chi connectivity index (χ3v) is 4.19. The van der Waals surface area contributed by atoms with Crippen LogP contribution in [0.25, 0.3) is 10.2 Å². The third kappa shape index (κ3) is 2.69. The monoisotopic (exact) mass is 276 g/mol. The van der Waals surface area contributed by atoms with Crippen LogP contribution in [0.3, 0.4) is 0 Å². The van der Waals surface area contributed by atoms with E-state index in [2.05, 4.69) is 15.6 Å². The summed E-state index contributed by atoms with van der Waals surface area (Å²) in [6.07, 6.45) is 1.98. The number of benzene rings is 1. The van der Waals surface area contributed by atoms with Gasteiger partial charge in [-0.3, -0.25) is 4.79 Å². The normalized spacial score (nSPS) is 16.6. The summed E-state index contributed by atoms with van der Waals surface area (Å²) >= 11 is 1.41. The molecule has 0 saturated carbocycles. The molecule has 0 radical (unpaired) electrons. The van der Waals surface area contributed by atoms with Crippen molar-refractivity contribution in [1.29, 1.82) is 0 Å². The van der Waals surface area contributed by atoms with Gasteiger partial charge in [0.25, 0.3) is 5.91 Å². The van der Waals surface area contributed by atoms with E-state index >= 15 is 0 Å². The highest BCUT2D eigenvalue weighted by molar-refractivity contribution is 7.22. The number of nitrogen functional groups attached to an aromatic ring is 1. The number of anilines is 1. The fourth-order valence-corrected chi connectivity index (χ4v) is 3.09. The standard InChI is InChI=1S/C13H16N4OS/c14-13-17-10-2-1-8(7-11(10)19-13)12(18)16-9-3-5-15-6-4-9/h1-2,7,9,15H,3-6H2,(H2,14,17)(H,16,18). The van der Waals surface area contributed by atoms with Gasteiger partial charge < -0.3 is 16.4 Å². The molecule has 1 saturated heterocycles. The summed E-state index contributed by atoms with van der Waals surface area (Å²) in [7, 11) is 0. The third-order valence-electron chi connectivity index (χ3n) is 3.34. The molecular formula is C13H16N4OS. The van der Waals surface area contributed by atoms with Crippen LogP contribution in [0.4, 0.5) is 5.13 Å². The molecular weight excluding hydrogens is 260 g/mol. The van der Waals surface area contributed by atoms with Crippen LogP contribution < -0.4 is 16.4 Å². The zero-order chi connectivity index (χ0) is 13.2.